The summed E-state index contributed by atoms with van der Waals surface area (Å²) in [5.74, 6) is 1.90. The fourth-order valence-corrected chi connectivity index (χ4v) is 2.84. The first kappa shape index (κ1) is 13.5. The van der Waals surface area contributed by atoms with E-state index in [1.54, 1.807) is 0 Å². The summed E-state index contributed by atoms with van der Waals surface area (Å²) in [5, 5.41) is 3.39. The first-order valence-corrected chi connectivity index (χ1v) is 7.68. The van der Waals surface area contributed by atoms with Crippen molar-refractivity contribution in [3.05, 3.63) is 29.8 Å². The molecule has 0 bridgehead atoms. The second-order valence-corrected chi connectivity index (χ2v) is 5.62. The summed E-state index contributed by atoms with van der Waals surface area (Å²) in [6, 6.07) is 6.10. The van der Waals surface area contributed by atoms with Crippen molar-refractivity contribution in [1.29, 1.82) is 0 Å². The molecule has 3 nitrogen and oxygen atoms in total. The van der Waals surface area contributed by atoms with Crippen LogP contribution in [0, 0.1) is 0 Å². The number of piperidine rings is 1. The first-order valence-electron chi connectivity index (χ1n) is 7.68. The van der Waals surface area contributed by atoms with Gasteiger partial charge in [0.05, 0.1) is 12.2 Å². The largest absolute Gasteiger partial charge is 0.493 e. The molecular formula is C17H23NO2. The van der Waals surface area contributed by atoms with Gasteiger partial charge in [0.2, 0.25) is 0 Å². The summed E-state index contributed by atoms with van der Waals surface area (Å²) in [6.45, 7) is 4.99. The molecule has 1 aromatic carbocycles. The van der Waals surface area contributed by atoms with Gasteiger partial charge < -0.3 is 14.8 Å². The number of rotatable bonds is 4. The topological polar surface area (TPSA) is 30.5 Å². The van der Waals surface area contributed by atoms with Crippen molar-refractivity contribution in [2.75, 3.05) is 19.7 Å². The van der Waals surface area contributed by atoms with Gasteiger partial charge in [0.15, 0.2) is 0 Å². The summed E-state index contributed by atoms with van der Waals surface area (Å²) >= 11 is 0. The highest BCUT2D eigenvalue weighted by atomic mass is 16.5. The van der Waals surface area contributed by atoms with E-state index in [2.05, 4.69) is 30.5 Å². The molecule has 0 radical (unpaired) electrons. The fourth-order valence-electron chi connectivity index (χ4n) is 2.84. The predicted octanol–water partition coefficient (Wildman–Crippen LogP) is 3.39. The molecule has 1 N–H and O–H groups in total. The Hall–Kier alpha value is -1.48. The maximum Gasteiger partial charge on any atom is 0.131 e. The maximum atomic E-state index is 6.30. The van der Waals surface area contributed by atoms with Crippen LogP contribution in [0.1, 0.15) is 38.2 Å². The Morgan fingerprint density at radius 3 is 2.95 bits per heavy atom. The Morgan fingerprint density at radius 1 is 1.30 bits per heavy atom. The molecule has 1 aromatic rings. The third-order valence-corrected chi connectivity index (χ3v) is 4.10. The lowest BCUT2D eigenvalue weighted by Gasteiger charge is -2.38. The zero-order chi connectivity index (χ0) is 13.8. The molecule has 20 heavy (non-hydrogen) atoms. The van der Waals surface area contributed by atoms with E-state index in [4.69, 9.17) is 9.47 Å². The standard InChI is InChI=1S/C17H23NO2/c1-2-3-13-19-15-5-4-6-16-14(15)7-8-17(20-16)9-11-18-12-10-17/h4-8,18H,2-3,9-13H2,1H3. The molecule has 0 unspecified atom stereocenters. The second-order valence-electron chi connectivity index (χ2n) is 5.62. The number of ether oxygens (including phenoxy) is 2. The van der Waals surface area contributed by atoms with Crippen molar-refractivity contribution in [2.45, 2.75) is 38.2 Å². The number of benzene rings is 1. The fraction of sp³-hybridized carbons (Fsp3) is 0.529. The second kappa shape index (κ2) is 5.88. The average molecular weight is 273 g/mol. The molecule has 0 aliphatic carbocycles. The minimum atomic E-state index is -0.111. The van der Waals surface area contributed by atoms with Crippen molar-refractivity contribution in [1.82, 2.24) is 5.32 Å². The summed E-state index contributed by atoms with van der Waals surface area (Å²) in [5.41, 5.74) is 0.980. The van der Waals surface area contributed by atoms with Crippen LogP contribution in [0.15, 0.2) is 24.3 Å². The lowest BCUT2D eigenvalue weighted by atomic mass is 9.89. The van der Waals surface area contributed by atoms with Crippen molar-refractivity contribution in [3.63, 3.8) is 0 Å². The lowest BCUT2D eigenvalue weighted by molar-refractivity contribution is 0.0818. The summed E-state index contributed by atoms with van der Waals surface area (Å²) in [6.07, 6.45) is 8.71. The molecule has 0 atom stereocenters. The van der Waals surface area contributed by atoms with Crippen LogP contribution in [0.5, 0.6) is 11.5 Å². The van der Waals surface area contributed by atoms with E-state index in [0.717, 1.165) is 62.4 Å². The van der Waals surface area contributed by atoms with Gasteiger partial charge in [-0.1, -0.05) is 19.4 Å². The van der Waals surface area contributed by atoms with E-state index >= 15 is 0 Å². The van der Waals surface area contributed by atoms with Gasteiger partial charge in [-0.05, 0) is 43.8 Å². The molecule has 2 aliphatic rings. The summed E-state index contributed by atoms with van der Waals surface area (Å²) in [7, 11) is 0. The maximum absolute atomic E-state index is 6.30. The van der Waals surface area contributed by atoms with Crippen molar-refractivity contribution in [3.8, 4) is 11.5 Å². The van der Waals surface area contributed by atoms with Crippen LogP contribution in [0.25, 0.3) is 6.08 Å². The van der Waals surface area contributed by atoms with Gasteiger partial charge in [0.25, 0.3) is 0 Å². The van der Waals surface area contributed by atoms with Gasteiger partial charge in [0.1, 0.15) is 17.1 Å². The van der Waals surface area contributed by atoms with Crippen LogP contribution in [-0.2, 0) is 0 Å². The first-order chi connectivity index (χ1) is 9.83. The van der Waals surface area contributed by atoms with Crippen LogP contribution in [0.2, 0.25) is 0 Å². The third kappa shape index (κ3) is 2.68. The summed E-state index contributed by atoms with van der Waals surface area (Å²) in [4.78, 5) is 0. The number of nitrogens with one attached hydrogen (secondary N) is 1. The predicted molar refractivity (Wildman–Crippen MR) is 81.3 cm³/mol. The lowest BCUT2D eigenvalue weighted by Crippen LogP contribution is -2.45. The number of hydrogen-bond acceptors (Lipinski definition) is 3. The minimum absolute atomic E-state index is 0.111. The van der Waals surface area contributed by atoms with Crippen LogP contribution in [0.4, 0.5) is 0 Å². The zero-order valence-corrected chi connectivity index (χ0v) is 12.2. The number of fused-ring (bicyclic) bond motifs is 1. The highest BCUT2D eigenvalue weighted by Gasteiger charge is 2.34. The highest BCUT2D eigenvalue weighted by molar-refractivity contribution is 5.67. The van der Waals surface area contributed by atoms with Gasteiger partial charge in [-0.3, -0.25) is 0 Å². The SMILES string of the molecule is CCCCOc1cccc2c1C=CC1(CCNCC1)O2. The minimum Gasteiger partial charge on any atom is -0.493 e. The average Bonchev–Trinajstić information content (AvgIpc) is 2.48. The van der Waals surface area contributed by atoms with Crippen LogP contribution < -0.4 is 14.8 Å². The van der Waals surface area contributed by atoms with Gasteiger partial charge in [-0.2, -0.15) is 0 Å². The summed E-state index contributed by atoms with van der Waals surface area (Å²) < 4.78 is 12.2. The van der Waals surface area contributed by atoms with E-state index < -0.39 is 0 Å². The Labute approximate surface area is 121 Å². The van der Waals surface area contributed by atoms with Crippen LogP contribution in [-0.4, -0.2) is 25.3 Å². The van der Waals surface area contributed by atoms with Crippen molar-refractivity contribution in [2.24, 2.45) is 0 Å². The normalized spacial score (nSPS) is 19.4. The van der Waals surface area contributed by atoms with Gasteiger partial charge in [0, 0.05) is 12.8 Å². The van der Waals surface area contributed by atoms with Crippen LogP contribution >= 0.6 is 0 Å². The Morgan fingerprint density at radius 2 is 2.15 bits per heavy atom. The molecule has 3 rings (SSSR count). The van der Waals surface area contributed by atoms with Crippen molar-refractivity contribution < 1.29 is 9.47 Å². The number of hydrogen-bond donors (Lipinski definition) is 1. The molecule has 2 heterocycles. The molecule has 0 aromatic heterocycles. The molecule has 1 spiro atoms. The monoisotopic (exact) mass is 273 g/mol. The number of unbranched alkanes of at least 4 members (excludes halogenated alkanes) is 1. The molecular weight excluding hydrogens is 250 g/mol. The molecule has 1 saturated heterocycles. The smallest absolute Gasteiger partial charge is 0.131 e. The van der Waals surface area contributed by atoms with E-state index in [1.165, 1.54) is 0 Å². The Bertz CT molecular complexity index is 490. The van der Waals surface area contributed by atoms with Gasteiger partial charge in [-0.25, -0.2) is 0 Å². The van der Waals surface area contributed by atoms with E-state index in [-0.39, 0.29) is 5.60 Å². The quantitative estimate of drug-likeness (QED) is 0.853. The van der Waals surface area contributed by atoms with Gasteiger partial charge in [-0.15, -0.1) is 0 Å². The molecule has 2 aliphatic heterocycles. The Kier molecular flexibility index (Phi) is 3.97. The molecule has 108 valence electrons. The van der Waals surface area contributed by atoms with Gasteiger partial charge >= 0.3 is 0 Å². The zero-order valence-electron chi connectivity index (χ0n) is 12.2. The highest BCUT2D eigenvalue weighted by Crippen LogP contribution is 2.39. The van der Waals surface area contributed by atoms with E-state index in [0.29, 0.717) is 0 Å². The van der Waals surface area contributed by atoms with Crippen molar-refractivity contribution >= 4 is 6.08 Å². The third-order valence-electron chi connectivity index (χ3n) is 4.10. The molecule has 3 heteroatoms. The van der Waals surface area contributed by atoms with E-state index in [1.807, 2.05) is 12.1 Å². The molecule has 1 fully saturated rings. The van der Waals surface area contributed by atoms with E-state index in [9.17, 15) is 0 Å². The van der Waals surface area contributed by atoms with Crippen LogP contribution in [0.3, 0.4) is 0 Å². The molecule has 0 saturated carbocycles. The molecule has 0 amide bonds. The Balaban J connectivity index is 1.79.